The van der Waals surface area contributed by atoms with E-state index in [0.717, 1.165) is 28.4 Å². The third kappa shape index (κ3) is 8.30. The molecule has 208 valence electrons. The minimum atomic E-state index is -4.71. The van der Waals surface area contributed by atoms with Gasteiger partial charge in [0.25, 0.3) is 0 Å². The zero-order chi connectivity index (χ0) is 28.8. The smallest absolute Gasteiger partial charge is 0.357 e. The molecule has 0 saturated heterocycles. The molecule has 0 heterocycles. The van der Waals surface area contributed by atoms with Gasteiger partial charge in [0.2, 0.25) is 21.8 Å². The Bertz CT molecular complexity index is 1400. The highest BCUT2D eigenvalue weighted by molar-refractivity contribution is 9.10. The van der Waals surface area contributed by atoms with E-state index < -0.39 is 46.2 Å². The molecule has 1 N–H and O–H groups in total. The van der Waals surface area contributed by atoms with Crippen LogP contribution in [0.15, 0.2) is 83.3 Å². The van der Waals surface area contributed by atoms with Crippen molar-refractivity contribution in [1.82, 2.24) is 10.2 Å². The van der Waals surface area contributed by atoms with Crippen molar-refractivity contribution in [2.24, 2.45) is 0 Å². The van der Waals surface area contributed by atoms with E-state index in [4.69, 9.17) is 0 Å². The van der Waals surface area contributed by atoms with Crippen molar-refractivity contribution in [3.63, 3.8) is 0 Å². The Kier molecular flexibility index (Phi) is 9.78. The van der Waals surface area contributed by atoms with E-state index in [1.807, 2.05) is 6.07 Å². The number of sulfonamides is 1. The second-order valence-electron chi connectivity index (χ2n) is 8.79. The Morgan fingerprint density at radius 1 is 0.949 bits per heavy atom. The normalized spacial score (nSPS) is 12.5. The fourth-order valence-corrected chi connectivity index (χ4v) is 5.06. The number of nitrogens with zero attached hydrogens (tertiary/aromatic N) is 2. The van der Waals surface area contributed by atoms with E-state index in [1.54, 1.807) is 48.5 Å². The molecule has 7 nitrogen and oxygen atoms in total. The van der Waals surface area contributed by atoms with Crippen molar-refractivity contribution in [3.05, 3.63) is 100 Å². The number of carbonyl (C=O) groups excluding carboxylic acids is 2. The number of nitrogens with one attached hydrogen (secondary N) is 1. The summed E-state index contributed by atoms with van der Waals surface area (Å²) in [4.78, 5) is 28.1. The van der Waals surface area contributed by atoms with Crippen LogP contribution in [-0.2, 0) is 38.8 Å². The molecule has 0 aliphatic carbocycles. The van der Waals surface area contributed by atoms with Gasteiger partial charge in [0, 0.05) is 24.5 Å². The summed E-state index contributed by atoms with van der Waals surface area (Å²) < 4.78 is 66.8. The van der Waals surface area contributed by atoms with Crippen LogP contribution >= 0.6 is 15.9 Å². The minimum absolute atomic E-state index is 0.0444. The molecule has 0 saturated carbocycles. The highest BCUT2D eigenvalue weighted by atomic mass is 79.9. The molecule has 1 atom stereocenters. The minimum Gasteiger partial charge on any atom is -0.357 e. The van der Waals surface area contributed by atoms with Crippen LogP contribution in [0, 0.1) is 0 Å². The van der Waals surface area contributed by atoms with Crippen LogP contribution in [0.4, 0.5) is 18.9 Å². The molecule has 0 bridgehead atoms. The topological polar surface area (TPSA) is 86.8 Å². The molecule has 0 aliphatic rings. The number of halogens is 4. The molecule has 0 aliphatic heterocycles. The van der Waals surface area contributed by atoms with Crippen molar-refractivity contribution in [1.29, 1.82) is 0 Å². The predicted molar refractivity (Wildman–Crippen MR) is 146 cm³/mol. The van der Waals surface area contributed by atoms with E-state index in [0.29, 0.717) is 15.9 Å². The first-order chi connectivity index (χ1) is 18.3. The second-order valence-corrected chi connectivity index (χ2v) is 11.6. The average molecular weight is 626 g/mol. The molecule has 12 heteroatoms. The van der Waals surface area contributed by atoms with Crippen molar-refractivity contribution in [3.8, 4) is 0 Å². The summed E-state index contributed by atoms with van der Waals surface area (Å²) >= 11 is 3.35. The van der Waals surface area contributed by atoms with E-state index in [9.17, 15) is 31.2 Å². The van der Waals surface area contributed by atoms with Gasteiger partial charge >= 0.3 is 6.18 Å². The number of carbonyl (C=O) groups is 2. The number of hydrogen-bond acceptors (Lipinski definition) is 4. The van der Waals surface area contributed by atoms with Crippen LogP contribution in [0.25, 0.3) is 0 Å². The lowest BCUT2D eigenvalue weighted by atomic mass is 10.0. The van der Waals surface area contributed by atoms with Gasteiger partial charge in [0.05, 0.1) is 17.5 Å². The summed E-state index contributed by atoms with van der Waals surface area (Å²) in [6.07, 6.45) is -3.78. The van der Waals surface area contributed by atoms with Gasteiger partial charge in [0.1, 0.15) is 12.6 Å². The zero-order valence-corrected chi connectivity index (χ0v) is 23.6. The number of alkyl halides is 3. The van der Waals surface area contributed by atoms with E-state index in [-0.39, 0.29) is 18.7 Å². The fourth-order valence-electron chi connectivity index (χ4n) is 3.96. The molecule has 1 unspecified atom stereocenters. The predicted octanol–water partition coefficient (Wildman–Crippen LogP) is 4.62. The molecule has 3 rings (SSSR count). The number of likely N-dealkylation sites (N-methyl/N-ethyl adjacent to an activating group) is 1. The second kappa shape index (κ2) is 12.6. The zero-order valence-electron chi connectivity index (χ0n) is 21.2. The van der Waals surface area contributed by atoms with Gasteiger partial charge in [-0.15, -0.1) is 0 Å². The fraction of sp³-hybridized carbons (Fsp3) is 0.259. The van der Waals surface area contributed by atoms with Crippen molar-refractivity contribution >= 4 is 43.5 Å². The lowest BCUT2D eigenvalue weighted by molar-refractivity contribution is -0.139. The van der Waals surface area contributed by atoms with E-state index in [2.05, 4.69) is 21.2 Å². The van der Waals surface area contributed by atoms with Crippen LogP contribution in [0.3, 0.4) is 0 Å². The third-order valence-corrected chi connectivity index (χ3v) is 7.59. The van der Waals surface area contributed by atoms with Gasteiger partial charge in [0.15, 0.2) is 0 Å². The quantitative estimate of drug-likeness (QED) is 0.356. The summed E-state index contributed by atoms with van der Waals surface area (Å²) in [7, 11) is -2.76. The van der Waals surface area contributed by atoms with Gasteiger partial charge in [-0.3, -0.25) is 13.9 Å². The maximum atomic E-state index is 13.8. The van der Waals surface area contributed by atoms with Gasteiger partial charge in [-0.25, -0.2) is 8.42 Å². The highest BCUT2D eigenvalue weighted by Gasteiger charge is 2.34. The van der Waals surface area contributed by atoms with Crippen LogP contribution in [0.1, 0.15) is 16.7 Å². The maximum absolute atomic E-state index is 13.8. The van der Waals surface area contributed by atoms with Gasteiger partial charge in [-0.1, -0.05) is 64.5 Å². The number of benzene rings is 3. The maximum Gasteiger partial charge on any atom is 0.416 e. The summed E-state index contributed by atoms with van der Waals surface area (Å²) in [6.45, 7) is -0.851. The molecular formula is C27H27BrF3N3O4S. The van der Waals surface area contributed by atoms with Gasteiger partial charge in [-0.05, 0) is 41.5 Å². The van der Waals surface area contributed by atoms with Gasteiger partial charge in [-0.2, -0.15) is 13.2 Å². The molecule has 2 amide bonds. The molecule has 0 spiro atoms. The van der Waals surface area contributed by atoms with Gasteiger partial charge < -0.3 is 10.2 Å². The lowest BCUT2D eigenvalue weighted by Crippen LogP contribution is -2.52. The van der Waals surface area contributed by atoms with Crippen LogP contribution in [0.5, 0.6) is 0 Å². The molecule has 0 radical (unpaired) electrons. The summed E-state index contributed by atoms with van der Waals surface area (Å²) in [5, 5.41) is 2.56. The van der Waals surface area contributed by atoms with E-state index >= 15 is 0 Å². The first-order valence-electron chi connectivity index (χ1n) is 11.7. The van der Waals surface area contributed by atoms with Crippen molar-refractivity contribution in [2.45, 2.75) is 25.2 Å². The van der Waals surface area contributed by atoms with Crippen molar-refractivity contribution < 1.29 is 31.2 Å². The number of amides is 2. The molecular weight excluding hydrogens is 599 g/mol. The molecule has 3 aromatic rings. The Morgan fingerprint density at radius 2 is 1.59 bits per heavy atom. The Morgan fingerprint density at radius 3 is 2.15 bits per heavy atom. The monoisotopic (exact) mass is 625 g/mol. The first-order valence-corrected chi connectivity index (χ1v) is 14.4. The summed E-state index contributed by atoms with van der Waals surface area (Å²) in [5.74, 6) is -1.24. The highest BCUT2D eigenvalue weighted by Crippen LogP contribution is 2.32. The molecule has 0 fully saturated rings. The van der Waals surface area contributed by atoms with Crippen molar-refractivity contribution in [2.75, 3.05) is 24.2 Å². The molecule has 39 heavy (non-hydrogen) atoms. The SMILES string of the molecule is CNC(=O)C(Cc1ccccc1)N(Cc1ccc(Br)cc1)C(=O)CN(c1cccc(C(F)(F)F)c1)S(C)(=O)=O. The average Bonchev–Trinajstić information content (AvgIpc) is 2.89. The molecule has 3 aromatic carbocycles. The summed E-state index contributed by atoms with van der Waals surface area (Å²) in [5.41, 5.74) is 0.0556. The Labute approximate surface area is 233 Å². The largest absolute Gasteiger partial charge is 0.416 e. The van der Waals surface area contributed by atoms with Crippen LogP contribution in [0.2, 0.25) is 0 Å². The number of rotatable bonds is 10. The number of anilines is 1. The molecule has 0 aromatic heterocycles. The standard InChI is InChI=1S/C27H27BrF3N3O4S/c1-32-26(36)24(15-19-7-4-3-5-8-19)33(17-20-11-13-22(28)14-12-20)25(35)18-34(39(2,37)38)23-10-6-9-21(16-23)27(29,30)31/h3-14,16,24H,15,17-18H2,1-2H3,(H,32,36). The lowest BCUT2D eigenvalue weighted by Gasteiger charge is -2.33. The Balaban J connectivity index is 2.04. The van der Waals surface area contributed by atoms with E-state index in [1.165, 1.54) is 18.0 Å². The van der Waals surface area contributed by atoms with Crippen LogP contribution in [-0.4, -0.2) is 51.0 Å². The Hall–Kier alpha value is -3.38. The van der Waals surface area contributed by atoms with Crippen LogP contribution < -0.4 is 9.62 Å². The summed E-state index contributed by atoms with van der Waals surface area (Å²) in [6, 6.07) is 18.7. The number of hydrogen-bond donors (Lipinski definition) is 1. The third-order valence-electron chi connectivity index (χ3n) is 5.92. The first kappa shape index (κ1) is 30.2.